The number of hydrogen-bond donors (Lipinski definition) is 3. The first-order chi connectivity index (χ1) is 14.4. The molecule has 0 fully saturated rings. The van der Waals surface area contributed by atoms with Crippen molar-refractivity contribution >= 4 is 23.5 Å². The molecule has 0 aliphatic rings. The smallest absolute Gasteiger partial charge is 0.337 e. The molecule has 2 amide bonds. The van der Waals surface area contributed by atoms with E-state index < -0.39 is 12.0 Å². The predicted molar refractivity (Wildman–Crippen MR) is 116 cm³/mol. The van der Waals surface area contributed by atoms with Crippen molar-refractivity contribution < 1.29 is 19.1 Å². The van der Waals surface area contributed by atoms with E-state index in [0.29, 0.717) is 17.7 Å². The predicted octanol–water partition coefficient (Wildman–Crippen LogP) is 2.43. The van der Waals surface area contributed by atoms with E-state index >= 15 is 0 Å². The van der Waals surface area contributed by atoms with Gasteiger partial charge >= 0.3 is 5.97 Å². The molecule has 2 rings (SSSR count). The molecule has 7 nitrogen and oxygen atoms in total. The van der Waals surface area contributed by atoms with Crippen molar-refractivity contribution in [2.45, 2.75) is 31.8 Å². The van der Waals surface area contributed by atoms with Gasteiger partial charge in [-0.2, -0.15) is 0 Å². The van der Waals surface area contributed by atoms with Crippen molar-refractivity contribution in [3.8, 4) is 0 Å². The number of rotatable bonds is 9. The first kappa shape index (κ1) is 22.8. The van der Waals surface area contributed by atoms with Crippen LogP contribution in [0, 0.1) is 0 Å². The summed E-state index contributed by atoms with van der Waals surface area (Å²) in [6.45, 7) is 1.61. The second kappa shape index (κ2) is 11.5. The number of anilines is 1. The largest absolute Gasteiger partial charge is 0.465 e. The van der Waals surface area contributed by atoms with Crippen LogP contribution in [0.4, 0.5) is 5.69 Å². The van der Waals surface area contributed by atoms with E-state index in [1.54, 1.807) is 31.2 Å². The van der Waals surface area contributed by atoms with Crippen LogP contribution in [0.2, 0.25) is 0 Å². The van der Waals surface area contributed by atoms with Crippen LogP contribution in [0.3, 0.4) is 0 Å². The highest BCUT2D eigenvalue weighted by Gasteiger charge is 2.13. The second-order valence-corrected chi connectivity index (χ2v) is 6.85. The lowest BCUT2D eigenvalue weighted by molar-refractivity contribution is -0.122. The SMILES string of the molecule is COC(=O)c1cccc(NC(=O)C=C[C@H](CCc2ccccc2)NC(=O)[C@H](C)N)c1. The molecule has 0 aliphatic carbocycles. The standard InChI is InChI=1S/C23H27N3O4/c1-16(24)22(28)26-19(12-11-17-7-4-3-5-8-17)13-14-21(27)25-20-10-6-9-18(15-20)23(29)30-2/h3-10,13-16,19H,11-12,24H2,1-2H3,(H,25,27)(H,26,28)/t16-,19-/m0/s1. The Balaban J connectivity index is 2.02. The van der Waals surface area contributed by atoms with Gasteiger partial charge < -0.3 is 21.1 Å². The number of aryl methyl sites for hydroxylation is 1. The molecule has 0 aliphatic heterocycles. The zero-order valence-electron chi connectivity index (χ0n) is 17.1. The van der Waals surface area contributed by atoms with Gasteiger partial charge in [0.2, 0.25) is 11.8 Å². The third kappa shape index (κ3) is 7.52. The molecule has 4 N–H and O–H groups in total. The van der Waals surface area contributed by atoms with Crippen LogP contribution in [-0.2, 0) is 20.7 Å². The Hall–Kier alpha value is -3.45. The molecule has 0 saturated carbocycles. The quantitative estimate of drug-likeness (QED) is 0.435. The number of nitrogens with two attached hydrogens (primary N) is 1. The van der Waals surface area contributed by atoms with Crippen LogP contribution in [0.5, 0.6) is 0 Å². The summed E-state index contributed by atoms with van der Waals surface area (Å²) in [6, 6.07) is 15.3. The van der Waals surface area contributed by atoms with E-state index in [-0.39, 0.29) is 17.9 Å². The normalized spacial score (nSPS) is 12.8. The Labute approximate surface area is 176 Å². The minimum absolute atomic E-state index is 0.288. The molecule has 0 heterocycles. The van der Waals surface area contributed by atoms with Gasteiger partial charge in [-0.3, -0.25) is 9.59 Å². The Morgan fingerprint density at radius 2 is 1.83 bits per heavy atom. The van der Waals surface area contributed by atoms with Crippen molar-refractivity contribution in [1.82, 2.24) is 5.32 Å². The molecule has 2 atom stereocenters. The molecule has 0 aromatic heterocycles. The van der Waals surface area contributed by atoms with Gasteiger partial charge in [0.1, 0.15) is 0 Å². The third-order valence-electron chi connectivity index (χ3n) is 4.36. The van der Waals surface area contributed by atoms with E-state index in [2.05, 4.69) is 15.4 Å². The molecule has 2 aromatic carbocycles. The lowest BCUT2D eigenvalue weighted by atomic mass is 10.0. The molecule has 0 saturated heterocycles. The van der Waals surface area contributed by atoms with Gasteiger partial charge in [-0.05, 0) is 43.5 Å². The Bertz CT molecular complexity index is 894. The summed E-state index contributed by atoms with van der Waals surface area (Å²) < 4.78 is 4.68. The number of amides is 2. The van der Waals surface area contributed by atoms with E-state index in [1.165, 1.54) is 19.3 Å². The van der Waals surface area contributed by atoms with E-state index in [1.807, 2.05) is 30.3 Å². The van der Waals surface area contributed by atoms with Gasteiger partial charge in [0.05, 0.1) is 18.7 Å². The molecular formula is C23H27N3O4. The zero-order chi connectivity index (χ0) is 21.9. The van der Waals surface area contributed by atoms with Gasteiger partial charge in [0.25, 0.3) is 0 Å². The molecule has 0 spiro atoms. The summed E-state index contributed by atoms with van der Waals surface area (Å²) in [6.07, 6.45) is 4.35. The molecular weight excluding hydrogens is 382 g/mol. The number of nitrogens with one attached hydrogen (secondary N) is 2. The molecule has 158 valence electrons. The van der Waals surface area contributed by atoms with Gasteiger partial charge in [-0.15, -0.1) is 0 Å². The average Bonchev–Trinajstić information content (AvgIpc) is 2.75. The summed E-state index contributed by atoms with van der Waals surface area (Å²) in [5.41, 5.74) is 7.58. The van der Waals surface area contributed by atoms with Crippen molar-refractivity contribution in [1.29, 1.82) is 0 Å². The maximum absolute atomic E-state index is 12.3. The second-order valence-electron chi connectivity index (χ2n) is 6.85. The Kier molecular flexibility index (Phi) is 8.77. The van der Waals surface area contributed by atoms with E-state index in [4.69, 9.17) is 5.73 Å². The number of carbonyl (C=O) groups excluding carboxylic acids is 3. The molecule has 0 radical (unpaired) electrons. The highest BCUT2D eigenvalue weighted by molar-refractivity contribution is 6.00. The first-order valence-electron chi connectivity index (χ1n) is 9.66. The number of methoxy groups -OCH3 is 1. The molecule has 0 unspecified atom stereocenters. The summed E-state index contributed by atoms with van der Waals surface area (Å²) in [7, 11) is 1.29. The van der Waals surface area contributed by atoms with Crippen LogP contribution in [0.15, 0.2) is 66.7 Å². The highest BCUT2D eigenvalue weighted by Crippen LogP contribution is 2.12. The van der Waals surface area contributed by atoms with Crippen molar-refractivity contribution in [2.75, 3.05) is 12.4 Å². The van der Waals surface area contributed by atoms with Crippen LogP contribution in [0.25, 0.3) is 0 Å². The van der Waals surface area contributed by atoms with Gasteiger partial charge in [-0.25, -0.2) is 4.79 Å². The minimum Gasteiger partial charge on any atom is -0.465 e. The lowest BCUT2D eigenvalue weighted by Crippen LogP contribution is -2.43. The van der Waals surface area contributed by atoms with Crippen LogP contribution in [-0.4, -0.2) is 37.0 Å². The maximum Gasteiger partial charge on any atom is 0.337 e. The van der Waals surface area contributed by atoms with E-state index in [0.717, 1.165) is 12.0 Å². The monoisotopic (exact) mass is 409 g/mol. The van der Waals surface area contributed by atoms with Gasteiger partial charge in [0, 0.05) is 17.8 Å². The fourth-order valence-corrected chi connectivity index (χ4v) is 2.73. The molecule has 2 aromatic rings. The number of hydrogen-bond acceptors (Lipinski definition) is 5. The van der Waals surface area contributed by atoms with Crippen molar-refractivity contribution in [2.24, 2.45) is 5.73 Å². The topological polar surface area (TPSA) is 111 Å². The van der Waals surface area contributed by atoms with Crippen molar-refractivity contribution in [3.05, 3.63) is 77.9 Å². The zero-order valence-corrected chi connectivity index (χ0v) is 17.1. The van der Waals surface area contributed by atoms with Crippen LogP contribution >= 0.6 is 0 Å². The number of ether oxygens (including phenoxy) is 1. The van der Waals surface area contributed by atoms with Crippen LogP contribution < -0.4 is 16.4 Å². The van der Waals surface area contributed by atoms with Crippen LogP contribution in [0.1, 0.15) is 29.3 Å². The number of carbonyl (C=O) groups is 3. The summed E-state index contributed by atoms with van der Waals surface area (Å²) >= 11 is 0. The number of benzene rings is 2. The van der Waals surface area contributed by atoms with Gasteiger partial charge in [0.15, 0.2) is 0 Å². The summed E-state index contributed by atoms with van der Waals surface area (Å²) in [4.78, 5) is 35.9. The van der Waals surface area contributed by atoms with Gasteiger partial charge in [-0.1, -0.05) is 42.5 Å². The summed E-state index contributed by atoms with van der Waals surface area (Å²) in [5, 5.41) is 5.54. The van der Waals surface area contributed by atoms with E-state index in [9.17, 15) is 14.4 Å². The maximum atomic E-state index is 12.3. The minimum atomic E-state index is -0.646. The Morgan fingerprint density at radius 3 is 2.50 bits per heavy atom. The molecule has 7 heteroatoms. The summed E-state index contributed by atoms with van der Waals surface area (Å²) in [5.74, 6) is -1.15. The lowest BCUT2D eigenvalue weighted by Gasteiger charge is -2.17. The van der Waals surface area contributed by atoms with Crippen molar-refractivity contribution in [3.63, 3.8) is 0 Å². The number of esters is 1. The molecule has 30 heavy (non-hydrogen) atoms. The molecule has 0 bridgehead atoms. The average molecular weight is 409 g/mol. The highest BCUT2D eigenvalue weighted by atomic mass is 16.5. The first-order valence-corrected chi connectivity index (χ1v) is 9.66. The fraction of sp³-hybridized carbons (Fsp3) is 0.261. The third-order valence-corrected chi connectivity index (χ3v) is 4.36. The fourth-order valence-electron chi connectivity index (χ4n) is 2.73. The Morgan fingerprint density at radius 1 is 1.10 bits per heavy atom.